The van der Waals surface area contributed by atoms with Gasteiger partial charge in [-0.15, -0.1) is 0 Å². The van der Waals surface area contributed by atoms with Crippen LogP contribution >= 0.6 is 0 Å². The maximum atomic E-state index is 13.0. The van der Waals surface area contributed by atoms with Gasteiger partial charge in [-0.2, -0.15) is 0 Å². The molecule has 2 unspecified atom stereocenters. The molecule has 21 heavy (non-hydrogen) atoms. The van der Waals surface area contributed by atoms with E-state index in [0.29, 0.717) is 23.4 Å². The summed E-state index contributed by atoms with van der Waals surface area (Å²) >= 11 is 0. The molecule has 0 aromatic rings. The minimum atomic E-state index is -0.331. The van der Waals surface area contributed by atoms with Crippen LogP contribution in [0.4, 0.5) is 0 Å². The highest BCUT2D eigenvalue weighted by Crippen LogP contribution is 2.42. The van der Waals surface area contributed by atoms with Crippen molar-refractivity contribution in [3.05, 3.63) is 0 Å². The first-order valence-corrected chi connectivity index (χ1v) is 9.06. The predicted molar refractivity (Wildman–Crippen MR) is 85.9 cm³/mol. The van der Waals surface area contributed by atoms with Crippen molar-refractivity contribution >= 4 is 5.91 Å². The van der Waals surface area contributed by atoms with Gasteiger partial charge in [0.05, 0.1) is 11.7 Å². The van der Waals surface area contributed by atoms with E-state index in [1.165, 1.54) is 51.4 Å². The standard InChI is InChI=1S/C18H32N2O/c1-4-18(3)16(21)20(13-17(2)11-7-8-12-17)15(19-18)14-9-5-6-10-14/h14-15,19H,4-13H2,1-3H3. The first-order chi connectivity index (χ1) is 9.97. The lowest BCUT2D eigenvalue weighted by Crippen LogP contribution is -2.46. The molecule has 2 aliphatic carbocycles. The van der Waals surface area contributed by atoms with Crippen LogP contribution in [0, 0.1) is 11.3 Å². The lowest BCUT2D eigenvalue weighted by Gasteiger charge is -2.35. The van der Waals surface area contributed by atoms with Crippen LogP contribution in [0.1, 0.15) is 78.6 Å². The Kier molecular flexibility index (Phi) is 4.06. The average molecular weight is 292 g/mol. The summed E-state index contributed by atoms with van der Waals surface area (Å²) < 4.78 is 0. The molecule has 120 valence electrons. The zero-order valence-electron chi connectivity index (χ0n) is 14.1. The quantitative estimate of drug-likeness (QED) is 0.857. The molecule has 0 bridgehead atoms. The Labute approximate surface area is 129 Å². The first-order valence-electron chi connectivity index (χ1n) is 9.06. The summed E-state index contributed by atoms with van der Waals surface area (Å²) in [6.07, 6.45) is 11.7. The van der Waals surface area contributed by atoms with E-state index in [4.69, 9.17) is 0 Å². The third-order valence-corrected chi connectivity index (χ3v) is 6.45. The summed E-state index contributed by atoms with van der Waals surface area (Å²) in [5, 5.41) is 3.73. The maximum Gasteiger partial charge on any atom is 0.243 e. The molecule has 1 saturated heterocycles. The highest BCUT2D eigenvalue weighted by Gasteiger charge is 2.51. The molecule has 0 aromatic heterocycles. The van der Waals surface area contributed by atoms with Crippen LogP contribution in [0.15, 0.2) is 0 Å². The van der Waals surface area contributed by atoms with Gasteiger partial charge in [0.15, 0.2) is 0 Å². The molecule has 3 heteroatoms. The summed E-state index contributed by atoms with van der Waals surface area (Å²) in [4.78, 5) is 15.3. The van der Waals surface area contributed by atoms with Gasteiger partial charge >= 0.3 is 0 Å². The fourth-order valence-electron chi connectivity index (χ4n) is 4.78. The van der Waals surface area contributed by atoms with Crippen LogP contribution in [-0.2, 0) is 4.79 Å². The molecule has 3 nitrogen and oxygen atoms in total. The van der Waals surface area contributed by atoms with Crippen LogP contribution in [0.25, 0.3) is 0 Å². The van der Waals surface area contributed by atoms with Gasteiger partial charge in [0.2, 0.25) is 5.91 Å². The normalized spacial score (nSPS) is 36.8. The van der Waals surface area contributed by atoms with E-state index in [1.54, 1.807) is 0 Å². The van der Waals surface area contributed by atoms with Gasteiger partial charge in [-0.1, -0.05) is 39.5 Å². The average Bonchev–Trinajstić information content (AvgIpc) is 3.17. The van der Waals surface area contributed by atoms with Gasteiger partial charge in [0, 0.05) is 6.54 Å². The second-order valence-corrected chi connectivity index (χ2v) is 8.27. The largest absolute Gasteiger partial charge is 0.325 e. The number of amides is 1. The van der Waals surface area contributed by atoms with Crippen LogP contribution < -0.4 is 5.32 Å². The SMILES string of the molecule is CCC1(C)NC(C2CCCC2)N(CC2(C)CCCC2)C1=O. The van der Waals surface area contributed by atoms with Crippen LogP contribution in [0.3, 0.4) is 0 Å². The third kappa shape index (κ3) is 2.74. The van der Waals surface area contributed by atoms with Gasteiger partial charge in [-0.3, -0.25) is 10.1 Å². The second-order valence-electron chi connectivity index (χ2n) is 8.27. The Bertz CT molecular complexity index is 396. The van der Waals surface area contributed by atoms with Crippen molar-refractivity contribution in [2.75, 3.05) is 6.54 Å². The molecule has 3 fully saturated rings. The van der Waals surface area contributed by atoms with Crippen molar-refractivity contribution in [3.63, 3.8) is 0 Å². The molecule has 3 rings (SSSR count). The van der Waals surface area contributed by atoms with E-state index in [0.717, 1.165) is 13.0 Å². The van der Waals surface area contributed by atoms with E-state index in [2.05, 4.69) is 31.0 Å². The Balaban J connectivity index is 1.80. The number of hydrogen-bond donors (Lipinski definition) is 1. The number of hydrogen-bond acceptors (Lipinski definition) is 2. The van der Waals surface area contributed by atoms with Crippen molar-refractivity contribution in [2.45, 2.75) is 90.3 Å². The van der Waals surface area contributed by atoms with Crippen molar-refractivity contribution in [3.8, 4) is 0 Å². The summed E-state index contributed by atoms with van der Waals surface area (Å²) in [6.45, 7) is 7.60. The van der Waals surface area contributed by atoms with Crippen LogP contribution in [-0.4, -0.2) is 29.1 Å². The molecule has 0 aromatic carbocycles. The minimum absolute atomic E-state index is 0.294. The van der Waals surface area contributed by atoms with Crippen molar-refractivity contribution in [2.24, 2.45) is 11.3 Å². The Hall–Kier alpha value is -0.570. The first kappa shape index (κ1) is 15.3. The summed E-state index contributed by atoms with van der Waals surface area (Å²) in [6, 6.07) is 0. The fraction of sp³-hybridized carbons (Fsp3) is 0.944. The van der Waals surface area contributed by atoms with Crippen molar-refractivity contribution in [1.29, 1.82) is 0 Å². The Morgan fingerprint density at radius 3 is 2.33 bits per heavy atom. The smallest absolute Gasteiger partial charge is 0.243 e. The molecule has 2 atom stereocenters. The van der Waals surface area contributed by atoms with Gasteiger partial charge in [-0.05, 0) is 50.4 Å². The molecule has 0 radical (unpaired) electrons. The lowest BCUT2D eigenvalue weighted by molar-refractivity contribution is -0.134. The summed E-state index contributed by atoms with van der Waals surface area (Å²) in [5.74, 6) is 1.03. The number of nitrogens with one attached hydrogen (secondary N) is 1. The van der Waals surface area contributed by atoms with E-state index >= 15 is 0 Å². The topological polar surface area (TPSA) is 32.3 Å². The van der Waals surface area contributed by atoms with Gasteiger partial charge in [0.1, 0.15) is 0 Å². The van der Waals surface area contributed by atoms with E-state index in [1.807, 2.05) is 0 Å². The number of nitrogens with zero attached hydrogens (tertiary/aromatic N) is 1. The molecule has 1 amide bonds. The molecule has 1 N–H and O–H groups in total. The number of carbonyl (C=O) groups is 1. The highest BCUT2D eigenvalue weighted by atomic mass is 16.2. The number of rotatable bonds is 4. The zero-order chi connectivity index (χ0) is 15.1. The minimum Gasteiger partial charge on any atom is -0.325 e. The van der Waals surface area contributed by atoms with E-state index in [-0.39, 0.29) is 5.54 Å². The van der Waals surface area contributed by atoms with E-state index < -0.39 is 0 Å². The highest BCUT2D eigenvalue weighted by molar-refractivity contribution is 5.88. The predicted octanol–water partition coefficient (Wildman–Crippen LogP) is 3.68. The second kappa shape index (κ2) is 5.57. The third-order valence-electron chi connectivity index (χ3n) is 6.45. The van der Waals surface area contributed by atoms with E-state index in [9.17, 15) is 4.79 Å². The monoisotopic (exact) mass is 292 g/mol. The van der Waals surface area contributed by atoms with Gasteiger partial charge < -0.3 is 4.90 Å². The van der Waals surface area contributed by atoms with Gasteiger partial charge in [-0.25, -0.2) is 0 Å². The number of carbonyl (C=O) groups excluding carboxylic acids is 1. The molecular formula is C18H32N2O. The molecule has 0 spiro atoms. The lowest BCUT2D eigenvalue weighted by atomic mass is 9.87. The molecule has 1 aliphatic heterocycles. The molecule has 3 aliphatic rings. The molecule has 1 heterocycles. The van der Waals surface area contributed by atoms with Crippen molar-refractivity contribution < 1.29 is 4.79 Å². The molecular weight excluding hydrogens is 260 g/mol. The van der Waals surface area contributed by atoms with Crippen LogP contribution in [0.2, 0.25) is 0 Å². The fourth-order valence-corrected chi connectivity index (χ4v) is 4.78. The van der Waals surface area contributed by atoms with Crippen molar-refractivity contribution in [1.82, 2.24) is 10.2 Å². The summed E-state index contributed by atoms with van der Waals surface area (Å²) in [5.41, 5.74) is 0.0232. The zero-order valence-corrected chi connectivity index (χ0v) is 14.1. The van der Waals surface area contributed by atoms with Gasteiger partial charge in [0.25, 0.3) is 0 Å². The Morgan fingerprint density at radius 2 is 1.76 bits per heavy atom. The Morgan fingerprint density at radius 1 is 1.14 bits per heavy atom. The maximum absolute atomic E-state index is 13.0. The van der Waals surface area contributed by atoms with Crippen LogP contribution in [0.5, 0.6) is 0 Å². The molecule has 2 saturated carbocycles. The summed E-state index contributed by atoms with van der Waals surface area (Å²) in [7, 11) is 0.